The normalized spacial score (nSPS) is 16.4. The van der Waals surface area contributed by atoms with E-state index in [-0.39, 0.29) is 24.7 Å². The van der Waals surface area contributed by atoms with Gasteiger partial charge in [-0.25, -0.2) is 4.79 Å². The smallest absolute Gasteiger partial charge is 0.328 e. The minimum absolute atomic E-state index is 0.0355. The summed E-state index contributed by atoms with van der Waals surface area (Å²) >= 11 is 1.35. The van der Waals surface area contributed by atoms with Crippen molar-refractivity contribution in [3.05, 3.63) is 60.3 Å². The average Bonchev–Trinajstić information content (AvgIpc) is 3.16. The number of amides is 2. The number of methoxy groups -OCH3 is 1. The molecular formula is C22H21N3O4S. The third kappa shape index (κ3) is 4.18. The monoisotopic (exact) mass is 423 g/mol. The molecule has 1 aliphatic heterocycles. The Hall–Kier alpha value is -3.26. The van der Waals surface area contributed by atoms with Crippen LogP contribution in [0.5, 0.6) is 0 Å². The predicted octanol–water partition coefficient (Wildman–Crippen LogP) is 2.87. The van der Waals surface area contributed by atoms with Crippen molar-refractivity contribution >= 4 is 46.1 Å². The number of ether oxygens (including phenoxy) is 1. The second-order valence-corrected chi connectivity index (χ2v) is 8.25. The molecule has 30 heavy (non-hydrogen) atoms. The Labute approximate surface area is 177 Å². The number of para-hydroxylation sites is 2. The molecule has 0 saturated heterocycles. The number of hydrogen-bond acceptors (Lipinski definition) is 5. The van der Waals surface area contributed by atoms with Crippen LogP contribution in [0.15, 0.2) is 59.6 Å². The van der Waals surface area contributed by atoms with Crippen molar-refractivity contribution in [1.29, 1.82) is 0 Å². The molecule has 2 unspecified atom stereocenters. The van der Waals surface area contributed by atoms with Gasteiger partial charge in [0.05, 0.1) is 18.0 Å². The van der Waals surface area contributed by atoms with Crippen LogP contribution in [-0.4, -0.2) is 41.2 Å². The number of aromatic nitrogens is 1. The molecule has 0 saturated carbocycles. The molecule has 0 fully saturated rings. The lowest BCUT2D eigenvalue weighted by atomic mass is 10.0. The number of H-pyrrole nitrogens is 1. The van der Waals surface area contributed by atoms with E-state index in [1.54, 1.807) is 0 Å². The van der Waals surface area contributed by atoms with Gasteiger partial charge in [0, 0.05) is 34.8 Å². The molecule has 2 atom stereocenters. The van der Waals surface area contributed by atoms with E-state index in [1.165, 1.54) is 18.9 Å². The zero-order valence-corrected chi connectivity index (χ0v) is 17.1. The van der Waals surface area contributed by atoms with Gasteiger partial charge in [-0.15, -0.1) is 11.8 Å². The molecule has 7 nitrogen and oxygen atoms in total. The quantitative estimate of drug-likeness (QED) is 0.530. The van der Waals surface area contributed by atoms with Gasteiger partial charge >= 0.3 is 5.97 Å². The fourth-order valence-corrected chi connectivity index (χ4v) is 4.62. The van der Waals surface area contributed by atoms with Crippen LogP contribution in [0.3, 0.4) is 0 Å². The van der Waals surface area contributed by atoms with Gasteiger partial charge in [-0.05, 0) is 23.8 Å². The molecule has 0 bridgehead atoms. The number of anilines is 1. The van der Waals surface area contributed by atoms with Gasteiger partial charge in [-0.1, -0.05) is 30.3 Å². The highest BCUT2D eigenvalue weighted by atomic mass is 32.2. The fourth-order valence-electron chi connectivity index (χ4n) is 3.50. The van der Waals surface area contributed by atoms with E-state index in [2.05, 4.69) is 15.6 Å². The Morgan fingerprint density at radius 2 is 1.93 bits per heavy atom. The predicted molar refractivity (Wildman–Crippen MR) is 115 cm³/mol. The summed E-state index contributed by atoms with van der Waals surface area (Å²) in [7, 11) is 1.29. The molecular weight excluding hydrogens is 402 g/mol. The maximum absolute atomic E-state index is 12.7. The lowest BCUT2D eigenvalue weighted by molar-refractivity contribution is -0.145. The molecule has 4 rings (SSSR count). The van der Waals surface area contributed by atoms with Gasteiger partial charge in [0.1, 0.15) is 6.04 Å². The van der Waals surface area contributed by atoms with Crippen molar-refractivity contribution in [2.75, 3.05) is 12.4 Å². The van der Waals surface area contributed by atoms with E-state index in [0.717, 1.165) is 27.0 Å². The molecule has 3 N–H and O–H groups in total. The van der Waals surface area contributed by atoms with Crippen LogP contribution in [0.4, 0.5) is 5.69 Å². The summed E-state index contributed by atoms with van der Waals surface area (Å²) < 4.78 is 4.88. The van der Waals surface area contributed by atoms with Crippen molar-refractivity contribution in [1.82, 2.24) is 10.3 Å². The number of esters is 1. The molecule has 1 aliphatic rings. The van der Waals surface area contributed by atoms with E-state index in [9.17, 15) is 14.4 Å². The van der Waals surface area contributed by atoms with Crippen molar-refractivity contribution in [3.63, 3.8) is 0 Å². The second-order valence-electron chi connectivity index (χ2n) is 7.00. The third-order valence-electron chi connectivity index (χ3n) is 5.00. The zero-order chi connectivity index (χ0) is 21.1. The first-order valence-corrected chi connectivity index (χ1v) is 10.4. The first kappa shape index (κ1) is 20.0. The maximum Gasteiger partial charge on any atom is 0.328 e. The van der Waals surface area contributed by atoms with Crippen molar-refractivity contribution in [2.45, 2.75) is 29.0 Å². The third-order valence-corrected chi connectivity index (χ3v) is 6.27. The van der Waals surface area contributed by atoms with Crippen LogP contribution in [0.2, 0.25) is 0 Å². The van der Waals surface area contributed by atoms with Gasteiger partial charge in [0.25, 0.3) is 0 Å². The number of carbonyl (C=O) groups excluding carboxylic acids is 3. The molecule has 8 heteroatoms. The molecule has 0 aliphatic carbocycles. The Bertz CT molecular complexity index is 1110. The van der Waals surface area contributed by atoms with Crippen LogP contribution < -0.4 is 10.6 Å². The highest BCUT2D eigenvalue weighted by Crippen LogP contribution is 2.36. The Balaban J connectivity index is 1.45. The number of nitrogens with one attached hydrogen (secondary N) is 3. The lowest BCUT2D eigenvalue weighted by Gasteiger charge is -2.24. The SMILES string of the molecule is COC(=O)C(Cc1c[nH]c2ccccc12)NC(=O)CC1Sc2ccccc2NC1=O. The number of rotatable bonds is 6. The van der Waals surface area contributed by atoms with Gasteiger partial charge in [0.2, 0.25) is 11.8 Å². The van der Waals surface area contributed by atoms with Crippen LogP contribution in [-0.2, 0) is 25.5 Å². The Morgan fingerprint density at radius 1 is 1.17 bits per heavy atom. The van der Waals surface area contributed by atoms with Gasteiger partial charge in [-0.2, -0.15) is 0 Å². The van der Waals surface area contributed by atoms with Gasteiger partial charge < -0.3 is 20.4 Å². The van der Waals surface area contributed by atoms with Crippen molar-refractivity contribution in [2.24, 2.45) is 0 Å². The number of benzene rings is 2. The molecule has 2 heterocycles. The van der Waals surface area contributed by atoms with Crippen molar-refractivity contribution in [3.8, 4) is 0 Å². The average molecular weight is 423 g/mol. The molecule has 0 radical (unpaired) electrons. The summed E-state index contributed by atoms with van der Waals surface area (Å²) in [6.07, 6.45) is 2.08. The van der Waals surface area contributed by atoms with Crippen molar-refractivity contribution < 1.29 is 19.1 Å². The summed E-state index contributed by atoms with van der Waals surface area (Å²) in [5.74, 6) is -1.13. The molecule has 1 aromatic heterocycles. The minimum Gasteiger partial charge on any atom is -0.467 e. The summed E-state index contributed by atoms with van der Waals surface area (Å²) in [5, 5.41) is 5.99. The van der Waals surface area contributed by atoms with E-state index >= 15 is 0 Å². The number of fused-ring (bicyclic) bond motifs is 2. The van der Waals surface area contributed by atoms with Crippen LogP contribution in [0, 0.1) is 0 Å². The Morgan fingerprint density at radius 3 is 2.77 bits per heavy atom. The largest absolute Gasteiger partial charge is 0.467 e. The fraction of sp³-hybridized carbons (Fsp3) is 0.227. The number of hydrogen-bond donors (Lipinski definition) is 3. The first-order valence-electron chi connectivity index (χ1n) is 9.54. The first-order chi connectivity index (χ1) is 14.5. The molecule has 154 valence electrons. The van der Waals surface area contributed by atoms with Gasteiger partial charge in [-0.3, -0.25) is 9.59 Å². The van der Waals surface area contributed by atoms with Gasteiger partial charge in [0.15, 0.2) is 0 Å². The summed E-state index contributed by atoms with van der Waals surface area (Å²) in [6, 6.07) is 14.4. The highest BCUT2D eigenvalue weighted by Gasteiger charge is 2.31. The van der Waals surface area contributed by atoms with E-state index in [0.29, 0.717) is 0 Å². The van der Waals surface area contributed by atoms with E-state index < -0.39 is 17.3 Å². The van der Waals surface area contributed by atoms with E-state index in [1.807, 2.05) is 54.7 Å². The molecule has 0 spiro atoms. The zero-order valence-electron chi connectivity index (χ0n) is 16.3. The summed E-state index contributed by atoms with van der Waals surface area (Å²) in [6.45, 7) is 0. The molecule has 3 aromatic rings. The molecule has 2 aromatic carbocycles. The maximum atomic E-state index is 12.7. The number of carbonyl (C=O) groups is 3. The standard InChI is InChI=1S/C22H21N3O4S/c1-29-22(28)17(10-13-12-23-15-7-3-2-6-14(13)15)24-20(26)11-19-21(27)25-16-8-4-5-9-18(16)30-19/h2-9,12,17,19,23H,10-11H2,1H3,(H,24,26)(H,25,27). The summed E-state index contributed by atoms with van der Waals surface area (Å²) in [5.41, 5.74) is 2.60. The van der Waals surface area contributed by atoms with E-state index in [4.69, 9.17) is 4.74 Å². The van der Waals surface area contributed by atoms with Crippen LogP contribution >= 0.6 is 11.8 Å². The number of thioether (sulfide) groups is 1. The molecule has 2 amide bonds. The second kappa shape index (κ2) is 8.62. The topological polar surface area (TPSA) is 100 Å². The Kier molecular flexibility index (Phi) is 5.76. The lowest BCUT2D eigenvalue weighted by Crippen LogP contribution is -2.45. The highest BCUT2D eigenvalue weighted by molar-refractivity contribution is 8.01. The summed E-state index contributed by atoms with van der Waals surface area (Å²) in [4.78, 5) is 41.4. The number of aromatic amines is 1. The minimum atomic E-state index is -0.842. The van der Waals surface area contributed by atoms with Crippen LogP contribution in [0.1, 0.15) is 12.0 Å². The van der Waals surface area contributed by atoms with Crippen LogP contribution in [0.25, 0.3) is 10.9 Å².